The van der Waals surface area contributed by atoms with Crippen LogP contribution < -0.4 is 20.3 Å². The summed E-state index contributed by atoms with van der Waals surface area (Å²) in [5, 5.41) is 5.99. The largest absolute Gasteiger partial charge is 0.342 e. The average Bonchev–Trinajstić information content (AvgIpc) is 2.99. The van der Waals surface area contributed by atoms with Gasteiger partial charge in [-0.2, -0.15) is 0 Å². The van der Waals surface area contributed by atoms with Gasteiger partial charge in [0.25, 0.3) is 0 Å². The van der Waals surface area contributed by atoms with Crippen molar-refractivity contribution < 1.29 is 22.8 Å². The smallest absolute Gasteiger partial charge is 0.247 e. The van der Waals surface area contributed by atoms with Crippen molar-refractivity contribution >= 4 is 33.4 Å². The van der Waals surface area contributed by atoms with Crippen molar-refractivity contribution in [3.63, 3.8) is 0 Å². The molecule has 216 valence electrons. The molecular weight excluding hydrogens is 532 g/mol. The second-order valence-electron chi connectivity index (χ2n) is 10.3. The first-order valence-electron chi connectivity index (χ1n) is 13.8. The topological polar surface area (TPSA) is 141 Å². The average molecular weight is 571 g/mol. The van der Waals surface area contributed by atoms with Gasteiger partial charge in [-0.1, -0.05) is 17.7 Å². The number of hydrogen-bond donors (Lipinski definition) is 3. The number of aryl methyl sites for hydroxylation is 1. The Labute approximate surface area is 235 Å². The summed E-state index contributed by atoms with van der Waals surface area (Å²) in [6.45, 7) is 3.84. The molecule has 1 atom stereocenters. The Morgan fingerprint density at radius 1 is 1.02 bits per heavy atom. The van der Waals surface area contributed by atoms with E-state index in [9.17, 15) is 22.8 Å². The zero-order valence-electron chi connectivity index (χ0n) is 22.8. The zero-order valence-corrected chi connectivity index (χ0v) is 23.7. The number of nitrogens with zero attached hydrogens (tertiary/aromatic N) is 3. The summed E-state index contributed by atoms with van der Waals surface area (Å²) in [5.74, 6) is -1.27. The highest BCUT2D eigenvalue weighted by Gasteiger charge is 2.34. The first-order valence-corrected chi connectivity index (χ1v) is 15.3. The van der Waals surface area contributed by atoms with Gasteiger partial charge < -0.3 is 20.4 Å². The second-order valence-corrected chi connectivity index (χ2v) is 12.1. The first kappa shape index (κ1) is 29.6. The lowest BCUT2D eigenvalue weighted by atomic mass is 9.96. The number of aromatic nitrogens is 1. The van der Waals surface area contributed by atoms with Crippen molar-refractivity contribution in [3.8, 4) is 0 Å². The molecule has 12 heteroatoms. The van der Waals surface area contributed by atoms with E-state index >= 15 is 0 Å². The van der Waals surface area contributed by atoms with Crippen LogP contribution in [0, 0.1) is 12.8 Å². The van der Waals surface area contributed by atoms with E-state index in [0.717, 1.165) is 37.9 Å². The summed E-state index contributed by atoms with van der Waals surface area (Å²) in [5.41, 5.74) is 1.50. The van der Waals surface area contributed by atoms with Crippen LogP contribution >= 0.6 is 0 Å². The van der Waals surface area contributed by atoms with E-state index in [2.05, 4.69) is 20.3 Å². The van der Waals surface area contributed by atoms with Gasteiger partial charge in [-0.3, -0.25) is 19.4 Å². The third-order valence-electron chi connectivity index (χ3n) is 7.35. The third-order valence-corrected chi connectivity index (χ3v) is 8.77. The van der Waals surface area contributed by atoms with Gasteiger partial charge in [0.05, 0.1) is 18.0 Å². The number of hydrogen-bond acceptors (Lipinski definition) is 7. The molecule has 1 aromatic heterocycles. The highest BCUT2D eigenvalue weighted by Crippen LogP contribution is 2.22. The van der Waals surface area contributed by atoms with Crippen LogP contribution in [0.3, 0.4) is 0 Å². The Kier molecular flexibility index (Phi) is 10.2. The van der Waals surface area contributed by atoms with E-state index in [0.29, 0.717) is 31.6 Å². The summed E-state index contributed by atoms with van der Waals surface area (Å²) < 4.78 is 27.7. The quantitative estimate of drug-likeness (QED) is 0.390. The van der Waals surface area contributed by atoms with Crippen molar-refractivity contribution in [2.45, 2.75) is 50.0 Å². The molecule has 11 nitrogen and oxygen atoms in total. The van der Waals surface area contributed by atoms with Gasteiger partial charge in [-0.15, -0.1) is 0 Å². The predicted octanol–water partition coefficient (Wildman–Crippen LogP) is 1.20. The number of likely N-dealkylation sites (tertiary alicyclic amines) is 1. The van der Waals surface area contributed by atoms with Gasteiger partial charge in [-0.05, 0) is 76.4 Å². The molecule has 2 aliphatic rings. The number of sulfonamides is 1. The molecule has 0 radical (unpaired) electrons. The van der Waals surface area contributed by atoms with Gasteiger partial charge in [0, 0.05) is 37.1 Å². The van der Waals surface area contributed by atoms with Crippen molar-refractivity contribution in [3.05, 3.63) is 54.4 Å². The van der Waals surface area contributed by atoms with Gasteiger partial charge in [0.2, 0.25) is 27.7 Å². The molecule has 1 aromatic carbocycles. The number of anilines is 1. The molecule has 1 unspecified atom stereocenters. The van der Waals surface area contributed by atoms with E-state index < -0.39 is 28.5 Å². The Hall–Kier alpha value is -3.35. The fraction of sp³-hybridized carbons (Fsp3) is 0.500. The Bertz CT molecular complexity index is 1260. The van der Waals surface area contributed by atoms with Crippen LogP contribution in [0.2, 0.25) is 0 Å². The molecular formula is C28H38N6O5S. The molecule has 4 rings (SSSR count). The molecule has 3 amide bonds. The minimum atomic E-state index is -3.93. The Morgan fingerprint density at radius 2 is 1.68 bits per heavy atom. The van der Waals surface area contributed by atoms with Crippen molar-refractivity contribution in [2.75, 3.05) is 44.2 Å². The van der Waals surface area contributed by atoms with Crippen LogP contribution in [0.15, 0.2) is 53.7 Å². The second kappa shape index (κ2) is 13.8. The number of rotatable bonds is 10. The minimum Gasteiger partial charge on any atom is -0.342 e. The number of carbonyl (C=O) groups is 3. The number of benzene rings is 1. The van der Waals surface area contributed by atoms with Crippen LogP contribution in [0.1, 0.15) is 37.7 Å². The maximum atomic E-state index is 13.7. The first-order chi connectivity index (χ1) is 19.2. The van der Waals surface area contributed by atoms with Gasteiger partial charge >= 0.3 is 0 Å². The van der Waals surface area contributed by atoms with E-state index in [1.165, 1.54) is 12.1 Å². The highest BCUT2D eigenvalue weighted by atomic mass is 32.2. The maximum Gasteiger partial charge on any atom is 0.247 e. The predicted molar refractivity (Wildman–Crippen MR) is 151 cm³/mol. The molecule has 3 heterocycles. The fourth-order valence-electron chi connectivity index (χ4n) is 5.05. The monoisotopic (exact) mass is 570 g/mol. The van der Waals surface area contributed by atoms with Crippen molar-refractivity contribution in [1.29, 1.82) is 0 Å². The van der Waals surface area contributed by atoms with Crippen molar-refractivity contribution in [1.82, 2.24) is 25.2 Å². The van der Waals surface area contributed by atoms with Crippen LogP contribution in [0.25, 0.3) is 0 Å². The van der Waals surface area contributed by atoms with E-state index in [1.54, 1.807) is 46.5 Å². The SMILES string of the molecule is Cc1ccc(S(=O)(=O)NCC(=O)NC(CN(C(=O)C2CCNCC2)c2ccncc2)C(=O)N2CCCCC2)cc1. The third kappa shape index (κ3) is 7.86. The van der Waals surface area contributed by atoms with E-state index in [1.807, 2.05) is 6.92 Å². The standard InChI is InChI=1S/C28H38N6O5S/c1-21-5-7-24(8-6-21)40(38,39)31-19-26(35)32-25(28(37)33-17-3-2-4-18-33)20-34(23-11-15-30-16-12-23)27(36)22-9-13-29-14-10-22/h5-8,11-12,15-16,22,25,29,31H,2-4,9-10,13-14,17-20H2,1H3,(H,32,35). The number of pyridine rings is 1. The molecule has 2 saturated heterocycles. The molecule has 2 fully saturated rings. The maximum absolute atomic E-state index is 13.7. The summed E-state index contributed by atoms with van der Waals surface area (Å²) in [7, 11) is -3.93. The van der Waals surface area contributed by atoms with E-state index in [-0.39, 0.29) is 29.2 Å². The minimum absolute atomic E-state index is 0.0447. The van der Waals surface area contributed by atoms with Crippen LogP contribution in [-0.2, 0) is 24.4 Å². The summed E-state index contributed by atoms with van der Waals surface area (Å²) in [6.07, 6.45) is 7.28. The normalized spacial score (nSPS) is 17.2. The fourth-order valence-corrected chi connectivity index (χ4v) is 6.03. The number of nitrogens with one attached hydrogen (secondary N) is 3. The van der Waals surface area contributed by atoms with Crippen LogP contribution in [0.5, 0.6) is 0 Å². The molecule has 0 bridgehead atoms. The lowest BCUT2D eigenvalue weighted by Gasteiger charge is -2.35. The molecule has 0 spiro atoms. The lowest BCUT2D eigenvalue weighted by Crippen LogP contribution is -2.57. The van der Waals surface area contributed by atoms with E-state index in [4.69, 9.17) is 0 Å². The number of amides is 3. The van der Waals surface area contributed by atoms with Crippen LogP contribution in [-0.4, -0.2) is 81.3 Å². The van der Waals surface area contributed by atoms with Gasteiger partial charge in [0.1, 0.15) is 6.04 Å². The van der Waals surface area contributed by atoms with Crippen LogP contribution in [0.4, 0.5) is 5.69 Å². The molecule has 40 heavy (non-hydrogen) atoms. The van der Waals surface area contributed by atoms with Gasteiger partial charge in [0.15, 0.2) is 0 Å². The Balaban J connectivity index is 1.52. The molecule has 0 aliphatic carbocycles. The molecule has 3 N–H and O–H groups in total. The lowest BCUT2D eigenvalue weighted by molar-refractivity contribution is -0.137. The molecule has 2 aliphatic heterocycles. The summed E-state index contributed by atoms with van der Waals surface area (Å²) in [6, 6.07) is 8.66. The van der Waals surface area contributed by atoms with Crippen molar-refractivity contribution in [2.24, 2.45) is 5.92 Å². The van der Waals surface area contributed by atoms with Gasteiger partial charge in [-0.25, -0.2) is 13.1 Å². The molecule has 0 saturated carbocycles. The Morgan fingerprint density at radius 3 is 2.33 bits per heavy atom. The summed E-state index contributed by atoms with van der Waals surface area (Å²) in [4.78, 5) is 47.8. The highest BCUT2D eigenvalue weighted by molar-refractivity contribution is 7.89. The zero-order chi connectivity index (χ0) is 28.5. The molecule has 2 aromatic rings. The summed E-state index contributed by atoms with van der Waals surface area (Å²) >= 11 is 0. The number of piperidine rings is 2. The number of carbonyl (C=O) groups excluding carboxylic acids is 3.